The lowest BCUT2D eigenvalue weighted by molar-refractivity contribution is 0.100. The molecule has 22 heavy (non-hydrogen) atoms. The van der Waals surface area contributed by atoms with Gasteiger partial charge >= 0.3 is 0 Å². The minimum Gasteiger partial charge on any atom is -0.366 e. The Bertz CT molecular complexity index is 807. The van der Waals surface area contributed by atoms with E-state index in [2.05, 4.69) is 21.5 Å². The second-order valence-corrected chi connectivity index (χ2v) is 5.07. The van der Waals surface area contributed by atoms with Crippen molar-refractivity contribution in [1.82, 2.24) is 20.2 Å². The summed E-state index contributed by atoms with van der Waals surface area (Å²) in [6.45, 7) is 2.61. The molecular formula is C16H15N5O. The van der Waals surface area contributed by atoms with Gasteiger partial charge in [0.2, 0.25) is 11.7 Å². The van der Waals surface area contributed by atoms with Crippen molar-refractivity contribution in [1.29, 1.82) is 0 Å². The lowest BCUT2D eigenvalue weighted by Crippen LogP contribution is -2.10. The van der Waals surface area contributed by atoms with Crippen LogP contribution >= 0.6 is 0 Å². The zero-order chi connectivity index (χ0) is 15.5. The minimum absolute atomic E-state index is 0.455. The van der Waals surface area contributed by atoms with Crippen molar-refractivity contribution < 1.29 is 4.79 Å². The normalized spacial score (nSPS) is 10.6. The summed E-state index contributed by atoms with van der Waals surface area (Å²) in [5, 5.41) is 12.5. The van der Waals surface area contributed by atoms with Gasteiger partial charge in [-0.05, 0) is 29.8 Å². The van der Waals surface area contributed by atoms with E-state index >= 15 is 0 Å². The molecule has 3 aromatic rings. The van der Waals surface area contributed by atoms with Gasteiger partial charge in [-0.3, -0.25) is 4.79 Å². The molecule has 1 aromatic heterocycles. The Labute approximate surface area is 127 Å². The van der Waals surface area contributed by atoms with Crippen LogP contribution in [0.3, 0.4) is 0 Å². The monoisotopic (exact) mass is 293 g/mol. The second-order valence-electron chi connectivity index (χ2n) is 5.07. The molecule has 1 amide bonds. The van der Waals surface area contributed by atoms with Crippen LogP contribution < -0.4 is 5.73 Å². The predicted octanol–water partition coefficient (Wildman–Crippen LogP) is 1.80. The molecule has 0 saturated heterocycles. The van der Waals surface area contributed by atoms with Gasteiger partial charge in [-0.1, -0.05) is 42.0 Å². The molecule has 0 spiro atoms. The zero-order valence-electron chi connectivity index (χ0n) is 12.1. The lowest BCUT2D eigenvalue weighted by atomic mass is 10.1. The number of nitrogens with two attached hydrogens (primary N) is 1. The fourth-order valence-electron chi connectivity index (χ4n) is 2.18. The molecule has 6 heteroatoms. The van der Waals surface area contributed by atoms with Crippen LogP contribution in [0.25, 0.3) is 11.4 Å². The van der Waals surface area contributed by atoms with Gasteiger partial charge in [0.25, 0.3) is 0 Å². The van der Waals surface area contributed by atoms with E-state index in [1.165, 1.54) is 5.56 Å². The Morgan fingerprint density at radius 1 is 1.18 bits per heavy atom. The quantitative estimate of drug-likeness (QED) is 0.794. The first-order valence-electron chi connectivity index (χ1n) is 6.85. The first kappa shape index (κ1) is 13.9. The molecule has 6 nitrogen and oxygen atoms in total. The van der Waals surface area contributed by atoms with E-state index in [4.69, 9.17) is 5.73 Å². The van der Waals surface area contributed by atoms with Crippen molar-refractivity contribution in [3.8, 4) is 11.4 Å². The minimum atomic E-state index is -0.456. The molecule has 3 rings (SSSR count). The van der Waals surface area contributed by atoms with E-state index in [9.17, 15) is 4.79 Å². The van der Waals surface area contributed by atoms with Gasteiger partial charge in [-0.15, -0.1) is 10.2 Å². The summed E-state index contributed by atoms with van der Waals surface area (Å²) in [6.07, 6.45) is 0. The summed E-state index contributed by atoms with van der Waals surface area (Å²) in [4.78, 5) is 12.6. The number of nitrogens with zero attached hydrogens (tertiary/aromatic N) is 4. The SMILES string of the molecule is Cc1cccc(Cn2nnc(-c3ccc(C(N)=O)cc3)n2)c1. The van der Waals surface area contributed by atoms with E-state index in [-0.39, 0.29) is 0 Å². The third-order valence-corrected chi connectivity index (χ3v) is 3.29. The van der Waals surface area contributed by atoms with Crippen molar-refractivity contribution >= 4 is 5.91 Å². The number of rotatable bonds is 4. The highest BCUT2D eigenvalue weighted by Gasteiger charge is 2.07. The Hall–Kier alpha value is -3.02. The average molecular weight is 293 g/mol. The van der Waals surface area contributed by atoms with Crippen molar-refractivity contribution in [3.63, 3.8) is 0 Å². The van der Waals surface area contributed by atoms with Gasteiger partial charge < -0.3 is 5.73 Å². The van der Waals surface area contributed by atoms with Gasteiger partial charge in [-0.25, -0.2) is 0 Å². The summed E-state index contributed by atoms with van der Waals surface area (Å²) in [6, 6.07) is 15.0. The lowest BCUT2D eigenvalue weighted by Gasteiger charge is -2.00. The summed E-state index contributed by atoms with van der Waals surface area (Å²) >= 11 is 0. The maximum Gasteiger partial charge on any atom is 0.248 e. The van der Waals surface area contributed by atoms with Crippen LogP contribution in [0.5, 0.6) is 0 Å². The molecule has 110 valence electrons. The molecule has 0 bridgehead atoms. The molecular weight excluding hydrogens is 278 g/mol. The molecule has 0 aliphatic rings. The smallest absolute Gasteiger partial charge is 0.248 e. The highest BCUT2D eigenvalue weighted by atomic mass is 16.1. The second kappa shape index (κ2) is 5.77. The maximum absolute atomic E-state index is 11.1. The number of carbonyl (C=O) groups is 1. The zero-order valence-corrected chi connectivity index (χ0v) is 12.1. The van der Waals surface area contributed by atoms with E-state index in [1.54, 1.807) is 29.1 Å². The van der Waals surface area contributed by atoms with E-state index in [1.807, 2.05) is 25.1 Å². The predicted molar refractivity (Wildman–Crippen MR) is 82.1 cm³/mol. The highest BCUT2D eigenvalue weighted by Crippen LogP contribution is 2.14. The molecule has 0 unspecified atom stereocenters. The van der Waals surface area contributed by atoms with Gasteiger partial charge in [0, 0.05) is 11.1 Å². The number of hydrogen-bond acceptors (Lipinski definition) is 4. The number of aryl methyl sites for hydroxylation is 1. The number of carbonyl (C=O) groups excluding carboxylic acids is 1. The molecule has 0 saturated carbocycles. The molecule has 0 radical (unpaired) electrons. The molecule has 0 aliphatic heterocycles. The summed E-state index contributed by atoms with van der Waals surface area (Å²) in [5.41, 5.74) is 8.78. The van der Waals surface area contributed by atoms with Crippen LogP contribution in [0, 0.1) is 6.92 Å². The average Bonchev–Trinajstić information content (AvgIpc) is 2.96. The third kappa shape index (κ3) is 3.01. The summed E-state index contributed by atoms with van der Waals surface area (Å²) < 4.78 is 0. The third-order valence-electron chi connectivity index (χ3n) is 3.29. The first-order chi connectivity index (χ1) is 10.6. The van der Waals surface area contributed by atoms with Crippen LogP contribution in [0.1, 0.15) is 21.5 Å². The van der Waals surface area contributed by atoms with Crippen LogP contribution in [-0.2, 0) is 6.54 Å². The van der Waals surface area contributed by atoms with E-state index in [0.717, 1.165) is 11.1 Å². The van der Waals surface area contributed by atoms with Crippen molar-refractivity contribution in [3.05, 3.63) is 65.2 Å². The van der Waals surface area contributed by atoms with Gasteiger partial charge in [0.1, 0.15) is 0 Å². The Morgan fingerprint density at radius 3 is 2.64 bits per heavy atom. The number of amides is 1. The standard InChI is InChI=1S/C16H15N5O/c1-11-3-2-4-12(9-11)10-21-19-16(18-20-21)14-7-5-13(6-8-14)15(17)22/h2-9H,10H2,1H3,(H2,17,22). The Morgan fingerprint density at radius 2 is 1.95 bits per heavy atom. The van der Waals surface area contributed by atoms with Crippen LogP contribution in [0.4, 0.5) is 0 Å². The molecule has 2 N–H and O–H groups in total. The van der Waals surface area contributed by atoms with Crippen LogP contribution in [0.15, 0.2) is 48.5 Å². The molecule has 0 aliphatic carbocycles. The molecule has 0 atom stereocenters. The summed E-state index contributed by atoms with van der Waals surface area (Å²) in [5.74, 6) is 0.0614. The largest absolute Gasteiger partial charge is 0.366 e. The fourth-order valence-corrected chi connectivity index (χ4v) is 2.18. The van der Waals surface area contributed by atoms with E-state index in [0.29, 0.717) is 17.9 Å². The topological polar surface area (TPSA) is 86.7 Å². The number of hydrogen-bond donors (Lipinski definition) is 1. The van der Waals surface area contributed by atoms with Gasteiger partial charge in [-0.2, -0.15) is 4.80 Å². The van der Waals surface area contributed by atoms with Gasteiger partial charge in [0.05, 0.1) is 6.54 Å². The van der Waals surface area contributed by atoms with Crippen LogP contribution in [-0.4, -0.2) is 26.1 Å². The Kier molecular flexibility index (Phi) is 3.65. The number of aromatic nitrogens is 4. The highest BCUT2D eigenvalue weighted by molar-refractivity contribution is 5.93. The molecule has 2 aromatic carbocycles. The Balaban J connectivity index is 1.80. The number of benzene rings is 2. The maximum atomic E-state index is 11.1. The van der Waals surface area contributed by atoms with Crippen molar-refractivity contribution in [2.24, 2.45) is 5.73 Å². The molecule has 0 fully saturated rings. The van der Waals surface area contributed by atoms with Crippen molar-refractivity contribution in [2.75, 3.05) is 0 Å². The summed E-state index contributed by atoms with van der Waals surface area (Å²) in [7, 11) is 0. The molecule has 1 heterocycles. The number of primary amides is 1. The first-order valence-corrected chi connectivity index (χ1v) is 6.85. The fraction of sp³-hybridized carbons (Fsp3) is 0.125. The van der Waals surface area contributed by atoms with Crippen molar-refractivity contribution in [2.45, 2.75) is 13.5 Å². The van der Waals surface area contributed by atoms with Crippen LogP contribution in [0.2, 0.25) is 0 Å². The van der Waals surface area contributed by atoms with E-state index < -0.39 is 5.91 Å². The van der Waals surface area contributed by atoms with Gasteiger partial charge in [0.15, 0.2) is 0 Å². The number of tetrazole rings is 1.